The topological polar surface area (TPSA) is 572 Å². The molecule has 0 saturated carbocycles. The van der Waals surface area contributed by atoms with Crippen LogP contribution in [-0.2, 0) is 96.5 Å². The fraction of sp³-hybridized carbons (Fsp3) is 0.627. The Morgan fingerprint density at radius 2 is 0.915 bits per heavy atom. The number of aliphatic hydroxyl groups excluding tert-OH is 2. The molecule has 3 saturated heterocycles. The van der Waals surface area contributed by atoms with E-state index >= 15 is 9.59 Å². The van der Waals surface area contributed by atoms with Crippen LogP contribution in [0.5, 0.6) is 23.0 Å². The number of ketones is 2. The number of aryl methyl sites for hydroxylation is 2. The molecule has 0 spiro atoms. The van der Waals surface area contributed by atoms with E-state index in [-0.39, 0.29) is 150 Å². The summed E-state index contributed by atoms with van der Waals surface area (Å²) in [7, 11) is -6.19. The first-order valence-corrected chi connectivity index (χ1v) is 50.6. The summed E-state index contributed by atoms with van der Waals surface area (Å²) in [5.41, 5.74) is -0.454. The van der Waals surface area contributed by atoms with Gasteiger partial charge in [-0.25, -0.2) is 26.3 Å². The van der Waals surface area contributed by atoms with Crippen LogP contribution in [0.3, 0.4) is 0 Å². The number of hydrogen-bond donors (Lipinski definition) is 10. The van der Waals surface area contributed by atoms with Crippen molar-refractivity contribution in [2.75, 3.05) is 73.4 Å². The summed E-state index contributed by atoms with van der Waals surface area (Å²) in [4.78, 5) is 190. The largest absolute Gasteiger partial charge is 1.00 e. The van der Waals surface area contributed by atoms with Gasteiger partial charge in [-0.15, -0.1) is 0 Å². The zero-order valence-electron chi connectivity index (χ0n) is 86.9. The molecule has 3 aliphatic heterocycles. The predicted octanol–water partition coefficient (Wildman–Crippen LogP) is 8.41. The Labute approximate surface area is 852 Å². The number of ether oxygens (including phenoxy) is 6. The van der Waals surface area contributed by atoms with Crippen molar-refractivity contribution in [2.45, 2.75) is 246 Å². The molecular weight excluding hydrogens is 1880 g/mol. The first-order chi connectivity index (χ1) is 65.0. The molecule has 12 atom stereocenters. The van der Waals surface area contributed by atoms with Crippen LogP contribution < -0.4 is 64.6 Å². The Hall–Kier alpha value is -9.64. The number of carbonyl (C=O) groups excluding carboxylic acids is 12. The number of aromatic hydroxyl groups is 2. The molecule has 11 N–H and O–H groups in total. The number of hydrogen-bond acceptors (Lipinski definition) is 30. The third-order valence-electron chi connectivity index (χ3n) is 26.7. The number of methoxy groups -OCH3 is 2. The molecule has 7 rings (SSSR count). The average Bonchev–Trinajstić information content (AvgIpc) is 1.60. The first kappa shape index (κ1) is 127. The number of nitrogens with two attached hydrogens (primary N) is 1. The second kappa shape index (κ2) is 56.0. The molecule has 0 radical (unpaired) electrons. The zero-order valence-corrected chi connectivity index (χ0v) is 90.6. The van der Waals surface area contributed by atoms with Crippen LogP contribution in [-0.4, -0.2) is 209 Å². The Kier molecular flexibility index (Phi) is 50.6. The Balaban J connectivity index is 0.00000115. The number of rotatable bonds is 49. The van der Waals surface area contributed by atoms with E-state index in [0.29, 0.717) is 31.2 Å². The third-order valence-corrected chi connectivity index (χ3v) is 29.6. The molecule has 141 heavy (non-hydrogen) atoms. The van der Waals surface area contributed by atoms with Crippen LogP contribution in [0.15, 0.2) is 82.6 Å². The third kappa shape index (κ3) is 34.0. The summed E-state index contributed by atoms with van der Waals surface area (Å²) in [6.45, 7) is 38.4. The van der Waals surface area contributed by atoms with Crippen molar-refractivity contribution in [1.29, 1.82) is 0 Å². The van der Waals surface area contributed by atoms with Gasteiger partial charge in [-0.05, 0) is 124 Å². The number of nitrogens with zero attached hydrogens (tertiary/aromatic N) is 1. The number of aliphatic carboxylic acids is 3. The van der Waals surface area contributed by atoms with E-state index in [9.17, 15) is 99.9 Å². The number of carboxylic acids is 3. The fourth-order valence-corrected chi connectivity index (χ4v) is 21.0. The molecule has 3 heterocycles. The fourth-order valence-electron chi connectivity index (χ4n) is 18.6. The van der Waals surface area contributed by atoms with Crippen LogP contribution in [0.2, 0.25) is 0 Å². The van der Waals surface area contributed by atoms with Crippen LogP contribution >= 0.6 is 0 Å². The second-order valence-electron chi connectivity index (χ2n) is 40.0. The summed E-state index contributed by atoms with van der Waals surface area (Å²) in [6, 6.07) is 17.1. The van der Waals surface area contributed by atoms with Crippen molar-refractivity contribution in [2.24, 2.45) is 109 Å². The minimum absolute atomic E-state index is 0. The van der Waals surface area contributed by atoms with Gasteiger partial charge in [-0.3, -0.25) is 67.2 Å². The van der Waals surface area contributed by atoms with E-state index in [2.05, 4.69) is 26.4 Å². The van der Waals surface area contributed by atoms with Gasteiger partial charge in [0, 0.05) is 67.9 Å². The molecule has 0 bridgehead atoms. The number of unbranched alkanes of at least 4 members (excludes halogenated alkanes) is 3. The number of nitrogens with one attached hydrogen (secondary N) is 3. The molecule has 4 aromatic rings. The van der Waals surface area contributed by atoms with Crippen molar-refractivity contribution in [3.63, 3.8) is 0 Å². The number of aliphatic hydroxyl groups is 2. The Bertz CT molecular complexity index is 5210. The predicted molar refractivity (Wildman–Crippen MR) is 517 cm³/mol. The number of phenols is 2. The van der Waals surface area contributed by atoms with E-state index in [0.717, 1.165) is 60.4 Å². The van der Waals surface area contributed by atoms with Gasteiger partial charge in [0.2, 0.25) is 37.8 Å². The van der Waals surface area contributed by atoms with Gasteiger partial charge in [0.25, 0.3) is 0 Å². The number of esters is 6. The maximum Gasteiger partial charge on any atom is 1.00 e. The zero-order chi connectivity index (χ0) is 107. The summed E-state index contributed by atoms with van der Waals surface area (Å²) in [5, 5.41) is 76.4. The molecule has 36 nitrogen and oxygen atoms in total. The van der Waals surface area contributed by atoms with Gasteiger partial charge in [0.15, 0.2) is 11.6 Å². The number of cyclic esters (lactones) is 4. The normalized spacial score (nSPS) is 18.0. The van der Waals surface area contributed by atoms with Crippen LogP contribution in [0.25, 0.3) is 0 Å². The maximum absolute atomic E-state index is 15.1. The summed E-state index contributed by atoms with van der Waals surface area (Å²) in [5.74, 6) is -29.1. The quantitative estimate of drug-likeness (QED) is 0.00377. The van der Waals surface area contributed by atoms with Gasteiger partial charge in [-0.1, -0.05) is 223 Å². The van der Waals surface area contributed by atoms with E-state index < -0.39 is 220 Å². The molecule has 3 fully saturated rings. The molecule has 39 heteroatoms. The molecule has 0 aliphatic carbocycles. The minimum Gasteiger partial charge on any atom is -0.550 e. The van der Waals surface area contributed by atoms with Gasteiger partial charge in [0.1, 0.15) is 39.4 Å². The number of benzene rings is 4. The van der Waals surface area contributed by atoms with Crippen molar-refractivity contribution in [3.05, 3.63) is 106 Å². The van der Waals surface area contributed by atoms with E-state index in [1.165, 1.54) is 59.8 Å². The van der Waals surface area contributed by atoms with Gasteiger partial charge in [0.05, 0.1) is 104 Å². The first-order valence-electron chi connectivity index (χ1n) is 47.6. The standard InChI is InChI=1S/C69H101N3O21S.C17H19NO6S.C10H16O3.C4H11N.C2H6O.Na/c1-18-22-28-70-55(75)50(43(58(78)79)35-69(15,16)53(62(85)91-21-4)45(60(82)83)36-66(9,10)49-39(6)61(84)93-64(49)87)67(11,12)34-42-51(57(77)72(56(42)76)30-23-19-2)68(13,14)37-44(59(80)81)52(65(7,8)20-3)63(86)92-31-29-71-94(88,89)48-32-41(46(73)33-47(48)90-17)54(74)40-26-24-38(5)25-27-40;1-11-3-5-12(6-4-11)17(21)13-9-16(15(24-2)10-14(13)20)25(22,23)18-7-8-19;1-5-10(3,4)7-6(2)8(11)13-9(7)12;1-2-3-4-5;1-2-3;/h24-27,32-33,39,42-45,49-53,71,73H,18-23,28-31,34-37H2,1-17H3,(H,70,75)(H,78,79)(H,80,81)(H,82,83);3-6,9-10,18-20H,7-8H2,1-2H3;6-7H,5H2,1-4H3;2-5H2,1H3;3H,2H2,1H3;/q;;;;;+1/p-1. The summed E-state index contributed by atoms with van der Waals surface area (Å²) in [6.07, 6.45) is 3.64. The SMILES string of the molecule is CCC(C)(C)C1C(=O)OC(=O)C1C.CCCCN.CCCCNC(=O)C(C(CC(C)(C)C(C(=O)OCC)C(CC(C)(C)C1C(=O)OC(=O)C1C)C(=O)O)C(=O)[O-])C(C)(C)CC1C(=O)N(CCCC)C(=O)C1C(C)(C)CC(C(=O)O)C(C(=O)OCCNS(=O)(=O)c1cc(C(=O)c2ccc(C)cc2)c(O)cc1OC)C(C)(C)CC.CCO.COc1cc(O)c(C(=O)c2ccc(C)cc2)cc1S(=O)(=O)NCCO.[Na+]. The number of imide groups is 1. The van der Waals surface area contributed by atoms with Crippen molar-refractivity contribution in [1.82, 2.24) is 19.7 Å². The van der Waals surface area contributed by atoms with Crippen molar-refractivity contribution < 1.29 is 178 Å². The molecule has 3 amide bonds. The Morgan fingerprint density at radius 1 is 0.511 bits per heavy atom. The van der Waals surface area contributed by atoms with E-state index in [1.54, 1.807) is 113 Å². The van der Waals surface area contributed by atoms with Crippen LogP contribution in [0.4, 0.5) is 0 Å². The van der Waals surface area contributed by atoms with Gasteiger partial charge < -0.3 is 80.0 Å². The molecule has 3 aliphatic rings. The van der Waals surface area contributed by atoms with E-state index in [1.807, 2.05) is 48.5 Å². The second-order valence-corrected chi connectivity index (χ2v) is 43.4. The number of likely N-dealkylation sites (tertiary alicyclic amines) is 1. The monoisotopic (exact) mass is 2030 g/mol. The van der Waals surface area contributed by atoms with Crippen molar-refractivity contribution >= 4 is 103 Å². The van der Waals surface area contributed by atoms with Gasteiger partial charge >= 0.3 is 77.3 Å². The smallest absolute Gasteiger partial charge is 0.550 e. The van der Waals surface area contributed by atoms with Gasteiger partial charge in [-0.2, -0.15) is 0 Å². The maximum atomic E-state index is 15.1. The van der Waals surface area contributed by atoms with Crippen LogP contribution in [0.1, 0.15) is 265 Å². The number of sulfonamides is 2. The minimum atomic E-state index is -4.58. The van der Waals surface area contributed by atoms with E-state index in [4.69, 9.17) is 39.6 Å². The van der Waals surface area contributed by atoms with Crippen molar-refractivity contribution in [3.8, 4) is 23.0 Å². The average molecular weight is 2030 g/mol. The molecule has 784 valence electrons. The van der Waals surface area contributed by atoms with Crippen LogP contribution in [0, 0.1) is 117 Å². The summed E-state index contributed by atoms with van der Waals surface area (Å²) >= 11 is 0. The molecule has 0 aromatic heterocycles. The number of amides is 3. The molecule has 12 unspecified atom stereocenters. The Morgan fingerprint density at radius 3 is 1.27 bits per heavy atom. The summed E-state index contributed by atoms with van der Waals surface area (Å²) < 4.78 is 87.9. The molecular formula is C102H152N5NaO31S2. The number of phenolic OH excluding ortho intramolecular Hbond substituents is 2. The number of carboxylic acid groups (broad SMARTS) is 3. The molecule has 4 aromatic carbocycles. The number of carbonyl (C=O) groups is 14.